The molecule has 0 saturated heterocycles. The molecule has 0 spiro atoms. The Morgan fingerprint density at radius 2 is 1.81 bits per heavy atom. The molecule has 3 heterocycles. The third-order valence-electron chi connectivity index (χ3n) is 5.06. The molecular formula is C23H18N4O3S. The summed E-state index contributed by atoms with van der Waals surface area (Å²) in [6.07, 6.45) is 0.803. The molecule has 2 aromatic carbocycles. The Morgan fingerprint density at radius 1 is 1.03 bits per heavy atom. The largest absolute Gasteiger partial charge is 0.477 e. The van der Waals surface area contributed by atoms with Crippen LogP contribution in [0, 0.1) is 0 Å². The number of hydrogen-bond donors (Lipinski definition) is 1. The number of nitrogens with two attached hydrogens (primary N) is 1. The number of thiophene rings is 1. The molecule has 5 rings (SSSR count). The number of rotatable bonds is 4. The Labute approximate surface area is 182 Å². The Hall–Kier alpha value is -3.91. The van der Waals surface area contributed by atoms with Gasteiger partial charge in [0.05, 0.1) is 28.4 Å². The van der Waals surface area contributed by atoms with Gasteiger partial charge < -0.3 is 15.4 Å². The van der Waals surface area contributed by atoms with Crippen LogP contribution in [-0.4, -0.2) is 34.2 Å². The number of para-hydroxylation sites is 3. The second-order valence-corrected chi connectivity index (χ2v) is 7.99. The van der Waals surface area contributed by atoms with Gasteiger partial charge in [0.25, 0.3) is 11.8 Å². The number of carbonyl (C=O) groups excluding carboxylic acids is 2. The van der Waals surface area contributed by atoms with E-state index in [0.717, 1.165) is 10.6 Å². The van der Waals surface area contributed by atoms with E-state index in [1.165, 1.54) is 16.2 Å². The second-order valence-electron chi connectivity index (χ2n) is 7.04. The maximum atomic E-state index is 13.8. The molecular weight excluding hydrogens is 412 g/mol. The van der Waals surface area contributed by atoms with Crippen molar-refractivity contribution in [2.45, 2.75) is 6.10 Å². The van der Waals surface area contributed by atoms with E-state index in [0.29, 0.717) is 22.7 Å². The number of benzene rings is 2. The van der Waals surface area contributed by atoms with Crippen LogP contribution >= 0.6 is 11.3 Å². The van der Waals surface area contributed by atoms with E-state index in [1.807, 2.05) is 53.9 Å². The fraction of sp³-hybridized carbons (Fsp3) is 0.0870. The van der Waals surface area contributed by atoms with E-state index in [2.05, 4.69) is 0 Å². The molecule has 1 aliphatic heterocycles. The van der Waals surface area contributed by atoms with E-state index in [4.69, 9.17) is 15.6 Å². The summed E-state index contributed by atoms with van der Waals surface area (Å²) in [6.45, 7) is 0.0333. The SMILES string of the molecule is NC(=O)[C@@H]1CN(C(=O)c2cn(-c3ccccc3)nc2-c2cccs2)c2ccccc2O1. The molecule has 0 radical (unpaired) electrons. The lowest BCUT2D eigenvalue weighted by Gasteiger charge is -2.33. The fourth-order valence-corrected chi connectivity index (χ4v) is 4.28. The van der Waals surface area contributed by atoms with E-state index in [1.54, 1.807) is 29.1 Å². The summed E-state index contributed by atoms with van der Waals surface area (Å²) in [4.78, 5) is 28.0. The summed E-state index contributed by atoms with van der Waals surface area (Å²) >= 11 is 1.51. The molecule has 7 nitrogen and oxygen atoms in total. The van der Waals surface area contributed by atoms with Crippen LogP contribution in [0.1, 0.15) is 10.4 Å². The first kappa shape index (κ1) is 19.1. The van der Waals surface area contributed by atoms with Gasteiger partial charge in [0, 0.05) is 6.20 Å². The molecule has 154 valence electrons. The number of hydrogen-bond acceptors (Lipinski definition) is 5. The minimum atomic E-state index is -0.923. The highest BCUT2D eigenvalue weighted by Gasteiger charge is 2.35. The number of carbonyl (C=O) groups is 2. The van der Waals surface area contributed by atoms with Crippen molar-refractivity contribution in [1.29, 1.82) is 0 Å². The van der Waals surface area contributed by atoms with Gasteiger partial charge >= 0.3 is 0 Å². The first-order chi connectivity index (χ1) is 15.1. The monoisotopic (exact) mass is 430 g/mol. The predicted molar refractivity (Wildman–Crippen MR) is 119 cm³/mol. The zero-order valence-electron chi connectivity index (χ0n) is 16.3. The van der Waals surface area contributed by atoms with Crippen LogP contribution in [0.4, 0.5) is 5.69 Å². The molecule has 8 heteroatoms. The van der Waals surface area contributed by atoms with Crippen LogP contribution in [0.15, 0.2) is 78.3 Å². The van der Waals surface area contributed by atoms with E-state index < -0.39 is 12.0 Å². The summed E-state index contributed by atoms with van der Waals surface area (Å²) in [5, 5.41) is 6.65. The minimum Gasteiger partial charge on any atom is -0.477 e. The van der Waals surface area contributed by atoms with Crippen molar-refractivity contribution in [1.82, 2.24) is 9.78 Å². The molecule has 2 aromatic heterocycles. The van der Waals surface area contributed by atoms with Gasteiger partial charge in [0.15, 0.2) is 6.10 Å². The van der Waals surface area contributed by atoms with E-state index >= 15 is 0 Å². The molecule has 0 bridgehead atoms. The van der Waals surface area contributed by atoms with Gasteiger partial charge in [0.1, 0.15) is 11.4 Å². The van der Waals surface area contributed by atoms with Crippen molar-refractivity contribution in [3.63, 3.8) is 0 Å². The smallest absolute Gasteiger partial charge is 0.262 e. The third-order valence-corrected chi connectivity index (χ3v) is 5.93. The summed E-state index contributed by atoms with van der Waals surface area (Å²) in [5.41, 5.74) is 7.96. The van der Waals surface area contributed by atoms with Crippen molar-refractivity contribution >= 4 is 28.8 Å². The number of primary amides is 1. The lowest BCUT2D eigenvalue weighted by molar-refractivity contribution is -0.124. The summed E-state index contributed by atoms with van der Waals surface area (Å²) in [7, 11) is 0. The zero-order valence-corrected chi connectivity index (χ0v) is 17.2. The predicted octanol–water partition coefficient (Wildman–Crippen LogP) is 3.49. The van der Waals surface area contributed by atoms with Crippen molar-refractivity contribution in [3.05, 3.63) is 83.9 Å². The van der Waals surface area contributed by atoms with E-state index in [-0.39, 0.29) is 12.5 Å². The maximum Gasteiger partial charge on any atom is 0.262 e. The van der Waals surface area contributed by atoms with Crippen LogP contribution in [0.25, 0.3) is 16.3 Å². The van der Waals surface area contributed by atoms with E-state index in [9.17, 15) is 9.59 Å². The highest BCUT2D eigenvalue weighted by molar-refractivity contribution is 7.13. The number of nitrogens with zero attached hydrogens (tertiary/aromatic N) is 3. The highest BCUT2D eigenvalue weighted by atomic mass is 32.1. The highest BCUT2D eigenvalue weighted by Crippen LogP contribution is 2.36. The number of fused-ring (bicyclic) bond motifs is 1. The molecule has 0 fully saturated rings. The van der Waals surface area contributed by atoms with Crippen molar-refractivity contribution in [2.75, 3.05) is 11.4 Å². The Morgan fingerprint density at radius 3 is 2.55 bits per heavy atom. The minimum absolute atomic E-state index is 0.0333. The lowest BCUT2D eigenvalue weighted by atomic mass is 10.1. The molecule has 2 amide bonds. The van der Waals surface area contributed by atoms with Gasteiger partial charge in [-0.15, -0.1) is 11.3 Å². The molecule has 0 unspecified atom stereocenters. The van der Waals surface area contributed by atoms with Gasteiger partial charge in [-0.1, -0.05) is 36.4 Å². The quantitative estimate of drug-likeness (QED) is 0.537. The van der Waals surface area contributed by atoms with Gasteiger partial charge in [-0.2, -0.15) is 5.10 Å². The lowest BCUT2D eigenvalue weighted by Crippen LogP contribution is -2.49. The van der Waals surface area contributed by atoms with Crippen molar-refractivity contribution in [2.24, 2.45) is 5.73 Å². The summed E-state index contributed by atoms with van der Waals surface area (Å²) in [5.74, 6) is -0.447. The standard InChI is InChI=1S/C23H18N4O3S/c24-22(28)19-14-26(17-9-4-5-10-18(17)30-19)23(29)16-13-27(15-7-2-1-3-8-15)25-21(16)20-11-6-12-31-20/h1-13,19H,14H2,(H2,24,28)/t19-/m0/s1. The fourth-order valence-electron chi connectivity index (χ4n) is 3.56. The van der Waals surface area contributed by atoms with Crippen LogP contribution in [0.3, 0.4) is 0 Å². The van der Waals surface area contributed by atoms with Crippen LogP contribution in [0.2, 0.25) is 0 Å². The number of ether oxygens (including phenoxy) is 1. The maximum absolute atomic E-state index is 13.8. The molecule has 4 aromatic rings. The Balaban J connectivity index is 1.62. The average Bonchev–Trinajstić information content (AvgIpc) is 3.48. The van der Waals surface area contributed by atoms with Gasteiger partial charge in [0.2, 0.25) is 0 Å². The van der Waals surface area contributed by atoms with Crippen LogP contribution < -0.4 is 15.4 Å². The molecule has 0 saturated carbocycles. The first-order valence-electron chi connectivity index (χ1n) is 9.67. The van der Waals surface area contributed by atoms with Crippen molar-refractivity contribution in [3.8, 4) is 22.0 Å². The molecule has 31 heavy (non-hydrogen) atoms. The number of aromatic nitrogens is 2. The second kappa shape index (κ2) is 7.73. The number of amides is 2. The summed E-state index contributed by atoms with van der Waals surface area (Å²) < 4.78 is 7.39. The Kier molecular flexibility index (Phi) is 4.76. The van der Waals surface area contributed by atoms with Crippen LogP contribution in [-0.2, 0) is 4.79 Å². The third kappa shape index (κ3) is 3.47. The molecule has 1 aliphatic rings. The normalized spacial score (nSPS) is 15.2. The summed E-state index contributed by atoms with van der Waals surface area (Å²) in [6, 6.07) is 20.6. The number of anilines is 1. The van der Waals surface area contributed by atoms with Crippen LogP contribution in [0.5, 0.6) is 5.75 Å². The zero-order chi connectivity index (χ0) is 21.4. The average molecular weight is 430 g/mol. The molecule has 2 N–H and O–H groups in total. The van der Waals surface area contributed by atoms with Crippen molar-refractivity contribution < 1.29 is 14.3 Å². The topological polar surface area (TPSA) is 90.5 Å². The van der Waals surface area contributed by atoms with Gasteiger partial charge in [-0.3, -0.25) is 9.59 Å². The van der Waals surface area contributed by atoms with Gasteiger partial charge in [-0.05, 0) is 35.7 Å². The first-order valence-corrected chi connectivity index (χ1v) is 10.6. The van der Waals surface area contributed by atoms with Gasteiger partial charge in [-0.25, -0.2) is 4.68 Å². The Bertz CT molecular complexity index is 1250. The molecule has 0 aliphatic carbocycles. The molecule has 1 atom stereocenters.